The molecule has 0 bridgehead atoms. The zero-order valence-electron chi connectivity index (χ0n) is 12.6. The van der Waals surface area contributed by atoms with Crippen LogP contribution in [-0.4, -0.2) is 23.1 Å². The molecule has 21 heavy (non-hydrogen) atoms. The molecule has 4 nitrogen and oxygen atoms in total. The minimum Gasteiger partial charge on any atom is -0.375 e. The Morgan fingerprint density at radius 1 is 1.10 bits per heavy atom. The Morgan fingerprint density at radius 3 is 2.67 bits per heavy atom. The molecule has 0 aliphatic carbocycles. The Labute approximate surface area is 126 Å². The molecule has 0 spiro atoms. The van der Waals surface area contributed by atoms with Crippen molar-refractivity contribution >= 4 is 0 Å². The van der Waals surface area contributed by atoms with Crippen LogP contribution in [0.3, 0.4) is 0 Å². The van der Waals surface area contributed by atoms with Crippen molar-refractivity contribution in [3.63, 3.8) is 0 Å². The lowest BCUT2D eigenvalue weighted by atomic mass is 10.1. The molecule has 0 aliphatic heterocycles. The lowest BCUT2D eigenvalue weighted by Crippen LogP contribution is -2.12. The highest BCUT2D eigenvalue weighted by Crippen LogP contribution is 2.04. The van der Waals surface area contributed by atoms with E-state index in [0.717, 1.165) is 38.2 Å². The topological polar surface area (TPSA) is 47.0 Å². The summed E-state index contributed by atoms with van der Waals surface area (Å²) in [4.78, 5) is 8.43. The molecule has 2 aromatic heterocycles. The zero-order valence-corrected chi connectivity index (χ0v) is 12.6. The van der Waals surface area contributed by atoms with Gasteiger partial charge in [0, 0.05) is 31.7 Å². The van der Waals surface area contributed by atoms with Crippen LogP contribution in [0.2, 0.25) is 0 Å². The highest BCUT2D eigenvalue weighted by molar-refractivity contribution is 5.13. The van der Waals surface area contributed by atoms with Gasteiger partial charge < -0.3 is 10.1 Å². The number of pyridine rings is 2. The van der Waals surface area contributed by atoms with Gasteiger partial charge in [-0.15, -0.1) is 0 Å². The predicted molar refractivity (Wildman–Crippen MR) is 83.8 cm³/mol. The molecular formula is C17H23N3O. The molecule has 0 unspecified atom stereocenters. The second-order valence-corrected chi connectivity index (χ2v) is 4.95. The van der Waals surface area contributed by atoms with E-state index in [1.165, 1.54) is 11.1 Å². The van der Waals surface area contributed by atoms with Crippen molar-refractivity contribution in [2.45, 2.75) is 32.9 Å². The monoisotopic (exact) mass is 285 g/mol. The third-order valence-corrected chi connectivity index (χ3v) is 3.22. The predicted octanol–water partition coefficient (Wildman–Crippen LogP) is 2.74. The zero-order chi connectivity index (χ0) is 14.8. The Morgan fingerprint density at radius 2 is 1.95 bits per heavy atom. The fraction of sp³-hybridized carbons (Fsp3) is 0.412. The first-order valence-electron chi connectivity index (χ1n) is 7.49. The molecule has 2 aromatic rings. The molecule has 1 N–H and O–H groups in total. The van der Waals surface area contributed by atoms with Crippen LogP contribution in [0, 0.1) is 0 Å². The Bertz CT molecular complexity index is 499. The number of aryl methyl sites for hydroxylation is 1. The fourth-order valence-electron chi connectivity index (χ4n) is 2.02. The summed E-state index contributed by atoms with van der Waals surface area (Å²) in [5.74, 6) is 0. The summed E-state index contributed by atoms with van der Waals surface area (Å²) < 4.78 is 5.67. The highest BCUT2D eigenvalue weighted by atomic mass is 16.5. The number of hydrogen-bond acceptors (Lipinski definition) is 4. The van der Waals surface area contributed by atoms with Crippen molar-refractivity contribution in [2.75, 3.05) is 13.2 Å². The number of aromatic nitrogens is 2. The van der Waals surface area contributed by atoms with Gasteiger partial charge in [-0.2, -0.15) is 0 Å². The summed E-state index contributed by atoms with van der Waals surface area (Å²) >= 11 is 0. The molecule has 2 rings (SSSR count). The molecule has 0 saturated carbocycles. The minimum atomic E-state index is 0.581. The number of hydrogen-bond donors (Lipinski definition) is 1. The quantitative estimate of drug-likeness (QED) is 0.720. The van der Waals surface area contributed by atoms with Crippen LogP contribution in [0.15, 0.2) is 42.9 Å². The van der Waals surface area contributed by atoms with Crippen LogP contribution in [0.5, 0.6) is 0 Å². The van der Waals surface area contributed by atoms with E-state index in [9.17, 15) is 0 Å². The van der Waals surface area contributed by atoms with E-state index in [2.05, 4.69) is 28.3 Å². The summed E-state index contributed by atoms with van der Waals surface area (Å²) in [7, 11) is 0. The van der Waals surface area contributed by atoms with Gasteiger partial charge in [-0.05, 0) is 48.7 Å². The number of nitrogens with one attached hydrogen (secondary N) is 1. The summed E-state index contributed by atoms with van der Waals surface area (Å²) in [6.45, 7) is 5.28. The first kappa shape index (κ1) is 15.6. The van der Waals surface area contributed by atoms with E-state index in [4.69, 9.17) is 4.74 Å². The molecule has 0 aliphatic rings. The minimum absolute atomic E-state index is 0.581. The molecule has 0 amide bonds. The van der Waals surface area contributed by atoms with Crippen molar-refractivity contribution in [3.8, 4) is 0 Å². The maximum absolute atomic E-state index is 5.67. The van der Waals surface area contributed by atoms with E-state index < -0.39 is 0 Å². The van der Waals surface area contributed by atoms with Crippen LogP contribution in [-0.2, 0) is 24.3 Å². The standard InChI is InChI=1S/C17H23N3O/c1-2-18-12-16-5-6-17(20-13-16)14-21-11-3-4-15-7-9-19-10-8-15/h5-10,13,18H,2-4,11-12,14H2,1H3. The first-order valence-corrected chi connectivity index (χ1v) is 7.49. The van der Waals surface area contributed by atoms with Gasteiger partial charge in [0.1, 0.15) is 0 Å². The van der Waals surface area contributed by atoms with Crippen molar-refractivity contribution in [3.05, 3.63) is 59.7 Å². The van der Waals surface area contributed by atoms with Crippen molar-refractivity contribution in [1.82, 2.24) is 15.3 Å². The van der Waals surface area contributed by atoms with Gasteiger partial charge in [0.25, 0.3) is 0 Å². The van der Waals surface area contributed by atoms with Gasteiger partial charge in [-0.3, -0.25) is 9.97 Å². The molecule has 0 atom stereocenters. The third kappa shape index (κ3) is 6.02. The van der Waals surface area contributed by atoms with Crippen molar-refractivity contribution < 1.29 is 4.74 Å². The second-order valence-electron chi connectivity index (χ2n) is 4.95. The third-order valence-electron chi connectivity index (χ3n) is 3.22. The molecular weight excluding hydrogens is 262 g/mol. The van der Waals surface area contributed by atoms with Gasteiger partial charge in [-0.25, -0.2) is 0 Å². The van der Waals surface area contributed by atoms with Gasteiger partial charge >= 0.3 is 0 Å². The van der Waals surface area contributed by atoms with Crippen LogP contribution < -0.4 is 5.32 Å². The summed E-state index contributed by atoms with van der Waals surface area (Å²) in [5, 5.41) is 3.28. The van der Waals surface area contributed by atoms with E-state index in [0.29, 0.717) is 6.61 Å². The number of ether oxygens (including phenoxy) is 1. The number of nitrogens with zero attached hydrogens (tertiary/aromatic N) is 2. The molecule has 0 radical (unpaired) electrons. The van der Waals surface area contributed by atoms with E-state index in [-0.39, 0.29) is 0 Å². The van der Waals surface area contributed by atoms with E-state index in [1.54, 1.807) is 0 Å². The average molecular weight is 285 g/mol. The Kier molecular flexibility index (Phi) is 6.84. The lowest BCUT2D eigenvalue weighted by Gasteiger charge is -2.06. The molecule has 0 fully saturated rings. The fourth-order valence-corrected chi connectivity index (χ4v) is 2.02. The molecule has 112 valence electrons. The first-order chi connectivity index (χ1) is 10.4. The highest BCUT2D eigenvalue weighted by Gasteiger charge is 1.97. The van der Waals surface area contributed by atoms with Gasteiger partial charge in [0.05, 0.1) is 12.3 Å². The number of rotatable bonds is 9. The largest absolute Gasteiger partial charge is 0.375 e. The lowest BCUT2D eigenvalue weighted by molar-refractivity contribution is 0.116. The van der Waals surface area contributed by atoms with Gasteiger partial charge in [0.2, 0.25) is 0 Å². The average Bonchev–Trinajstić information content (AvgIpc) is 2.55. The summed E-state index contributed by atoms with van der Waals surface area (Å²) in [6, 6.07) is 8.23. The maximum Gasteiger partial charge on any atom is 0.0887 e. The second kappa shape index (κ2) is 9.21. The molecule has 0 aromatic carbocycles. The van der Waals surface area contributed by atoms with Crippen molar-refractivity contribution in [2.24, 2.45) is 0 Å². The Balaban J connectivity index is 1.62. The van der Waals surface area contributed by atoms with Crippen LogP contribution in [0.1, 0.15) is 30.2 Å². The van der Waals surface area contributed by atoms with Gasteiger partial charge in [0.15, 0.2) is 0 Å². The molecule has 2 heterocycles. The Hall–Kier alpha value is -1.78. The summed E-state index contributed by atoms with van der Waals surface area (Å²) in [5.41, 5.74) is 3.50. The molecule has 0 saturated heterocycles. The summed E-state index contributed by atoms with van der Waals surface area (Å²) in [6.07, 6.45) is 7.61. The molecule has 4 heteroatoms. The maximum atomic E-state index is 5.67. The van der Waals surface area contributed by atoms with Crippen LogP contribution >= 0.6 is 0 Å². The van der Waals surface area contributed by atoms with Gasteiger partial charge in [-0.1, -0.05) is 13.0 Å². The van der Waals surface area contributed by atoms with Crippen LogP contribution in [0.4, 0.5) is 0 Å². The van der Waals surface area contributed by atoms with Crippen LogP contribution in [0.25, 0.3) is 0 Å². The SMILES string of the molecule is CCNCc1ccc(COCCCc2ccncc2)nc1. The van der Waals surface area contributed by atoms with E-state index >= 15 is 0 Å². The smallest absolute Gasteiger partial charge is 0.0887 e. The normalized spacial score (nSPS) is 10.7. The van der Waals surface area contributed by atoms with E-state index in [1.807, 2.05) is 36.8 Å². The van der Waals surface area contributed by atoms with Crippen molar-refractivity contribution in [1.29, 1.82) is 0 Å².